The summed E-state index contributed by atoms with van der Waals surface area (Å²) in [7, 11) is 0. The van der Waals surface area contributed by atoms with Crippen LogP contribution in [-0.4, -0.2) is 16.8 Å². The second kappa shape index (κ2) is 8.12. The summed E-state index contributed by atoms with van der Waals surface area (Å²) in [5.74, 6) is -1.38. The zero-order valence-electron chi connectivity index (χ0n) is 18.0. The Balaban J connectivity index is 1.71. The number of aryl methyl sites for hydroxylation is 3. The minimum atomic E-state index is -0.686. The van der Waals surface area contributed by atoms with Gasteiger partial charge in [-0.2, -0.15) is 0 Å². The van der Waals surface area contributed by atoms with E-state index in [1.54, 1.807) is 0 Å². The van der Waals surface area contributed by atoms with Gasteiger partial charge in [-0.15, -0.1) is 0 Å². The first-order valence-corrected chi connectivity index (χ1v) is 11.1. The summed E-state index contributed by atoms with van der Waals surface area (Å²) in [6, 6.07) is 22.1. The van der Waals surface area contributed by atoms with Gasteiger partial charge in [0.25, 0.3) is 11.7 Å². The Morgan fingerprint density at radius 3 is 2.31 bits per heavy atom. The lowest BCUT2D eigenvalue weighted by molar-refractivity contribution is -0.132. The molecule has 3 aromatic rings. The molecule has 1 fully saturated rings. The van der Waals surface area contributed by atoms with Crippen molar-refractivity contribution in [3.8, 4) is 0 Å². The van der Waals surface area contributed by atoms with Crippen LogP contribution in [0, 0.1) is 6.92 Å². The van der Waals surface area contributed by atoms with Gasteiger partial charge in [0, 0.05) is 11.3 Å². The summed E-state index contributed by atoms with van der Waals surface area (Å²) in [6.07, 6.45) is 4.31. The van der Waals surface area contributed by atoms with Gasteiger partial charge in [0.15, 0.2) is 0 Å². The van der Waals surface area contributed by atoms with Crippen molar-refractivity contribution in [2.75, 3.05) is 4.90 Å². The van der Waals surface area contributed by atoms with E-state index >= 15 is 0 Å². The lowest BCUT2D eigenvalue weighted by Crippen LogP contribution is -2.29. The first-order valence-electron chi connectivity index (χ1n) is 11.1. The summed E-state index contributed by atoms with van der Waals surface area (Å²) in [4.78, 5) is 28.0. The van der Waals surface area contributed by atoms with E-state index in [9.17, 15) is 14.7 Å². The molecule has 1 amide bonds. The molecule has 3 aromatic carbocycles. The normalized spacial score (nSPS) is 19.8. The van der Waals surface area contributed by atoms with Crippen LogP contribution in [-0.2, 0) is 22.4 Å². The molecule has 160 valence electrons. The highest BCUT2D eigenvalue weighted by molar-refractivity contribution is 6.51. The number of aliphatic hydroxyl groups excluding tert-OH is 1. The maximum Gasteiger partial charge on any atom is 0.300 e. The fraction of sp³-hybridized carbons (Fsp3) is 0.214. The lowest BCUT2D eigenvalue weighted by Gasteiger charge is -2.26. The number of anilines is 1. The van der Waals surface area contributed by atoms with Gasteiger partial charge in [-0.05, 0) is 73.1 Å². The number of carbonyl (C=O) groups excluding carboxylic acids is 2. The van der Waals surface area contributed by atoms with Gasteiger partial charge in [0.2, 0.25) is 0 Å². The van der Waals surface area contributed by atoms with Gasteiger partial charge in [0.1, 0.15) is 5.76 Å². The van der Waals surface area contributed by atoms with Gasteiger partial charge in [-0.3, -0.25) is 14.5 Å². The Morgan fingerprint density at radius 1 is 0.875 bits per heavy atom. The van der Waals surface area contributed by atoms with Crippen LogP contribution >= 0.6 is 0 Å². The molecule has 0 radical (unpaired) electrons. The molecule has 1 saturated heterocycles. The SMILES string of the molecule is Cc1ccccc1C1/C(=C(\O)c2ccc3c(c2)CCCC3)C(=O)C(=O)N1c1ccccc1. The second-order valence-electron chi connectivity index (χ2n) is 8.55. The largest absolute Gasteiger partial charge is 0.507 e. The molecule has 5 rings (SSSR count). The van der Waals surface area contributed by atoms with Crippen LogP contribution in [0.25, 0.3) is 5.76 Å². The fourth-order valence-electron chi connectivity index (χ4n) is 4.91. The smallest absolute Gasteiger partial charge is 0.300 e. The topological polar surface area (TPSA) is 57.6 Å². The van der Waals surface area contributed by atoms with Crippen LogP contribution in [0.5, 0.6) is 0 Å². The van der Waals surface area contributed by atoms with Crippen molar-refractivity contribution in [2.45, 2.75) is 38.6 Å². The summed E-state index contributed by atoms with van der Waals surface area (Å²) in [5.41, 5.74) is 5.66. The van der Waals surface area contributed by atoms with E-state index in [2.05, 4.69) is 0 Å². The predicted molar refractivity (Wildman–Crippen MR) is 125 cm³/mol. The molecule has 0 saturated carbocycles. The first kappa shape index (κ1) is 20.3. The molecule has 1 aliphatic carbocycles. The molecular formula is C28H25NO3. The summed E-state index contributed by atoms with van der Waals surface area (Å²) < 4.78 is 0. The molecule has 1 N–H and O–H groups in total. The number of hydrogen-bond acceptors (Lipinski definition) is 3. The Kier molecular flexibility index (Phi) is 5.14. The maximum absolute atomic E-state index is 13.3. The van der Waals surface area contributed by atoms with E-state index in [1.807, 2.05) is 79.7 Å². The molecule has 0 bridgehead atoms. The minimum Gasteiger partial charge on any atom is -0.507 e. The number of amides is 1. The average Bonchev–Trinajstić information content (AvgIpc) is 3.09. The second-order valence-corrected chi connectivity index (χ2v) is 8.55. The Labute approximate surface area is 187 Å². The molecule has 0 aromatic heterocycles. The van der Waals surface area contributed by atoms with Crippen LogP contribution in [0.3, 0.4) is 0 Å². The number of rotatable bonds is 3. The Morgan fingerprint density at radius 2 is 1.56 bits per heavy atom. The average molecular weight is 424 g/mol. The van der Waals surface area contributed by atoms with Gasteiger partial charge >= 0.3 is 0 Å². The maximum atomic E-state index is 13.3. The lowest BCUT2D eigenvalue weighted by atomic mass is 9.88. The number of benzene rings is 3. The molecule has 4 heteroatoms. The van der Waals surface area contributed by atoms with Crippen LogP contribution < -0.4 is 4.90 Å². The number of para-hydroxylation sites is 1. The number of nitrogens with zero attached hydrogens (tertiary/aromatic N) is 1. The van der Waals surface area contributed by atoms with Crippen molar-refractivity contribution in [1.29, 1.82) is 0 Å². The number of ketones is 1. The van der Waals surface area contributed by atoms with Crippen molar-refractivity contribution in [3.05, 3.63) is 106 Å². The molecule has 1 atom stereocenters. The van der Waals surface area contributed by atoms with Gasteiger partial charge in [-0.1, -0.05) is 54.6 Å². The summed E-state index contributed by atoms with van der Waals surface area (Å²) in [5, 5.41) is 11.4. The number of carbonyl (C=O) groups is 2. The predicted octanol–water partition coefficient (Wildman–Crippen LogP) is 5.50. The summed E-state index contributed by atoms with van der Waals surface area (Å²) in [6.45, 7) is 1.96. The minimum absolute atomic E-state index is 0.108. The van der Waals surface area contributed by atoms with Gasteiger partial charge in [0.05, 0.1) is 11.6 Å². The van der Waals surface area contributed by atoms with Crippen LogP contribution in [0.1, 0.15) is 46.7 Å². The standard InChI is InChI=1S/C28H25NO3/c1-18-9-5-8-14-23(18)25-24(27(31)28(32)29(25)22-12-3-2-4-13-22)26(30)21-16-15-19-10-6-7-11-20(19)17-21/h2-5,8-9,12-17,25,30H,6-7,10-11H2,1H3/b26-24+. The van der Waals surface area contributed by atoms with Crippen molar-refractivity contribution in [1.82, 2.24) is 0 Å². The van der Waals surface area contributed by atoms with Crippen molar-refractivity contribution in [3.63, 3.8) is 0 Å². The Bertz CT molecular complexity index is 1240. The van der Waals surface area contributed by atoms with E-state index in [-0.39, 0.29) is 11.3 Å². The van der Waals surface area contributed by atoms with E-state index in [0.717, 1.165) is 30.4 Å². The van der Waals surface area contributed by atoms with Gasteiger partial charge in [-0.25, -0.2) is 0 Å². The number of aliphatic hydroxyl groups is 1. The molecular weight excluding hydrogens is 398 g/mol. The number of hydrogen-bond donors (Lipinski definition) is 1. The first-order chi connectivity index (χ1) is 15.6. The zero-order valence-corrected chi connectivity index (χ0v) is 18.0. The van der Waals surface area contributed by atoms with Crippen LogP contribution in [0.4, 0.5) is 5.69 Å². The van der Waals surface area contributed by atoms with Crippen molar-refractivity contribution in [2.24, 2.45) is 0 Å². The molecule has 0 spiro atoms. The van der Waals surface area contributed by atoms with Gasteiger partial charge < -0.3 is 5.11 Å². The third-order valence-corrected chi connectivity index (χ3v) is 6.58. The molecule has 1 heterocycles. The molecule has 1 aliphatic heterocycles. The third kappa shape index (κ3) is 3.32. The molecule has 32 heavy (non-hydrogen) atoms. The van der Waals surface area contributed by atoms with E-state index in [1.165, 1.54) is 22.4 Å². The molecule has 1 unspecified atom stereocenters. The zero-order chi connectivity index (χ0) is 22.2. The van der Waals surface area contributed by atoms with E-state index in [4.69, 9.17) is 0 Å². The molecule has 4 nitrogen and oxygen atoms in total. The van der Waals surface area contributed by atoms with Crippen LogP contribution in [0.2, 0.25) is 0 Å². The summed E-state index contributed by atoms with van der Waals surface area (Å²) >= 11 is 0. The fourth-order valence-corrected chi connectivity index (χ4v) is 4.91. The quantitative estimate of drug-likeness (QED) is 0.344. The highest BCUT2D eigenvalue weighted by atomic mass is 16.3. The van der Waals surface area contributed by atoms with Crippen molar-refractivity contribution >= 4 is 23.1 Å². The highest BCUT2D eigenvalue weighted by Crippen LogP contribution is 2.43. The number of Topliss-reactive ketones (excluding diaryl/α,β-unsaturated/α-hetero) is 1. The third-order valence-electron chi connectivity index (χ3n) is 6.58. The van der Waals surface area contributed by atoms with E-state index in [0.29, 0.717) is 11.3 Å². The van der Waals surface area contributed by atoms with Crippen molar-refractivity contribution < 1.29 is 14.7 Å². The Hall–Kier alpha value is -3.66. The highest BCUT2D eigenvalue weighted by Gasteiger charge is 2.47. The van der Waals surface area contributed by atoms with Crippen LogP contribution in [0.15, 0.2) is 78.4 Å². The monoisotopic (exact) mass is 423 g/mol. The van der Waals surface area contributed by atoms with E-state index < -0.39 is 17.7 Å². The molecule has 2 aliphatic rings. The number of fused-ring (bicyclic) bond motifs is 1.